The number of rotatable bonds is 5. The molecule has 3 aromatic rings. The van der Waals surface area contributed by atoms with Crippen molar-refractivity contribution in [3.8, 4) is 0 Å². The average Bonchev–Trinajstić information content (AvgIpc) is 3.43. The molecule has 1 spiro atoms. The summed E-state index contributed by atoms with van der Waals surface area (Å²) in [5, 5.41) is 2.79. The number of thiophene rings is 1. The van der Waals surface area contributed by atoms with Crippen molar-refractivity contribution in [3.63, 3.8) is 0 Å². The molecule has 0 bridgehead atoms. The molecule has 1 saturated carbocycles. The van der Waals surface area contributed by atoms with Crippen molar-refractivity contribution in [1.29, 1.82) is 0 Å². The Bertz CT molecular complexity index is 1350. The third-order valence-electron chi connectivity index (χ3n) is 7.86. The number of hydrogen-bond acceptors (Lipinski definition) is 7. The SMILES string of the molecule is Cc1cnc2c(N)c(C(=O)NC[C@H](C)c3cc(F)c(N4CC5OC6CCCC65C4)cc3F)sc2n1. The smallest absolute Gasteiger partial charge is 0.263 e. The second-order valence-corrected chi connectivity index (χ2v) is 11.1. The third kappa shape index (κ3) is 3.48. The summed E-state index contributed by atoms with van der Waals surface area (Å²) < 4.78 is 36.3. The largest absolute Gasteiger partial charge is 0.396 e. The van der Waals surface area contributed by atoms with Crippen LogP contribution in [0.4, 0.5) is 20.2 Å². The molecule has 35 heavy (non-hydrogen) atoms. The van der Waals surface area contributed by atoms with E-state index in [1.54, 1.807) is 13.1 Å². The van der Waals surface area contributed by atoms with E-state index in [-0.39, 0.29) is 47.0 Å². The topological polar surface area (TPSA) is 93.4 Å². The summed E-state index contributed by atoms with van der Waals surface area (Å²) in [5.41, 5.74) is 8.23. The molecule has 2 aromatic heterocycles. The van der Waals surface area contributed by atoms with Gasteiger partial charge in [-0.2, -0.15) is 0 Å². The predicted molar refractivity (Wildman–Crippen MR) is 131 cm³/mol. The highest BCUT2D eigenvalue weighted by Gasteiger charge is 2.63. The molecule has 3 aliphatic rings. The van der Waals surface area contributed by atoms with Crippen molar-refractivity contribution >= 4 is 39.0 Å². The van der Waals surface area contributed by atoms with Gasteiger partial charge in [-0.3, -0.25) is 4.79 Å². The molecule has 2 saturated heterocycles. The molecule has 10 heteroatoms. The summed E-state index contributed by atoms with van der Waals surface area (Å²) >= 11 is 1.17. The van der Waals surface area contributed by atoms with Crippen molar-refractivity contribution in [2.45, 2.75) is 51.2 Å². The zero-order valence-electron chi connectivity index (χ0n) is 19.6. The van der Waals surface area contributed by atoms with E-state index in [4.69, 9.17) is 10.5 Å². The van der Waals surface area contributed by atoms with E-state index in [9.17, 15) is 4.79 Å². The molecule has 4 heterocycles. The van der Waals surface area contributed by atoms with E-state index < -0.39 is 17.6 Å². The van der Waals surface area contributed by atoms with Crippen LogP contribution in [0, 0.1) is 24.0 Å². The molecule has 1 aromatic carbocycles. The Labute approximate surface area is 205 Å². The lowest BCUT2D eigenvalue weighted by Gasteiger charge is -2.47. The molecule has 2 aliphatic heterocycles. The normalized spacial score (nSPS) is 25.9. The minimum absolute atomic E-state index is 0.108. The lowest BCUT2D eigenvalue weighted by Crippen LogP contribution is -2.55. The number of carbonyl (C=O) groups is 1. The average molecular weight is 500 g/mol. The summed E-state index contributed by atoms with van der Waals surface area (Å²) in [6.45, 7) is 5.01. The van der Waals surface area contributed by atoms with Gasteiger partial charge in [0.25, 0.3) is 5.91 Å². The molecule has 6 rings (SSSR count). The van der Waals surface area contributed by atoms with E-state index in [1.165, 1.54) is 23.5 Å². The van der Waals surface area contributed by atoms with E-state index in [0.29, 0.717) is 28.3 Å². The van der Waals surface area contributed by atoms with Crippen LogP contribution in [0.5, 0.6) is 0 Å². The summed E-state index contributed by atoms with van der Waals surface area (Å²) in [4.78, 5) is 24.2. The highest BCUT2D eigenvalue weighted by molar-refractivity contribution is 7.21. The second-order valence-electron chi connectivity index (χ2n) is 10.1. The van der Waals surface area contributed by atoms with Gasteiger partial charge >= 0.3 is 0 Å². The highest BCUT2D eigenvalue weighted by atomic mass is 32.1. The van der Waals surface area contributed by atoms with Crippen molar-refractivity contribution in [3.05, 3.63) is 46.1 Å². The Kier molecular flexibility index (Phi) is 5.23. The number of anilines is 2. The molecule has 1 aliphatic carbocycles. The van der Waals surface area contributed by atoms with Gasteiger partial charge in [0.15, 0.2) is 0 Å². The number of hydrogen-bond donors (Lipinski definition) is 2. The van der Waals surface area contributed by atoms with E-state index >= 15 is 8.78 Å². The lowest BCUT2D eigenvalue weighted by atomic mass is 9.76. The summed E-state index contributed by atoms with van der Waals surface area (Å²) in [5.74, 6) is -1.75. The number of amides is 1. The Morgan fingerprint density at radius 2 is 2.20 bits per heavy atom. The number of benzene rings is 1. The van der Waals surface area contributed by atoms with Crippen molar-refractivity contribution in [2.24, 2.45) is 5.41 Å². The molecule has 184 valence electrons. The Balaban J connectivity index is 1.15. The summed E-state index contributed by atoms with van der Waals surface area (Å²) in [6.07, 6.45) is 5.26. The Morgan fingerprint density at radius 3 is 3.00 bits per heavy atom. The van der Waals surface area contributed by atoms with Gasteiger partial charge in [-0.15, -0.1) is 11.3 Å². The maximum absolute atomic E-state index is 15.2. The predicted octanol–water partition coefficient (Wildman–Crippen LogP) is 4.15. The van der Waals surface area contributed by atoms with Crippen LogP contribution < -0.4 is 16.0 Å². The Morgan fingerprint density at radius 1 is 1.37 bits per heavy atom. The summed E-state index contributed by atoms with van der Waals surface area (Å²) in [6, 6.07) is 2.55. The standard InChI is InChI=1S/C25H27F2N5O2S/c1-12(8-30-23(33)22-20(28)21-24(35-22)31-13(2)9-29-21)14-6-16(27)17(7-15(14)26)32-10-19-25(11-32)5-3-4-18(25)34-19/h6-7,9,12,18-19H,3-5,8,10-11,28H2,1-2H3,(H,30,33)/t12-,18?,19?,25?/m0/s1. The van der Waals surface area contributed by atoms with Gasteiger partial charge in [-0.05, 0) is 31.4 Å². The van der Waals surface area contributed by atoms with Gasteiger partial charge in [0, 0.05) is 43.2 Å². The van der Waals surface area contributed by atoms with Gasteiger partial charge in [0.1, 0.15) is 26.9 Å². The quantitative estimate of drug-likeness (QED) is 0.548. The number of fused-ring (bicyclic) bond motifs is 1. The molecular weight excluding hydrogens is 472 g/mol. The first kappa shape index (κ1) is 22.6. The number of nitrogens with one attached hydrogen (secondary N) is 1. The van der Waals surface area contributed by atoms with Crippen molar-refractivity contribution in [1.82, 2.24) is 15.3 Å². The minimum Gasteiger partial charge on any atom is -0.396 e. The van der Waals surface area contributed by atoms with Gasteiger partial charge < -0.3 is 20.7 Å². The van der Waals surface area contributed by atoms with Crippen LogP contribution in [0.2, 0.25) is 0 Å². The van der Waals surface area contributed by atoms with Gasteiger partial charge in [0.2, 0.25) is 0 Å². The zero-order chi connectivity index (χ0) is 24.5. The number of aryl methyl sites for hydroxylation is 1. The van der Waals surface area contributed by atoms with Crippen LogP contribution in [-0.2, 0) is 4.74 Å². The third-order valence-corrected chi connectivity index (χ3v) is 8.95. The maximum Gasteiger partial charge on any atom is 0.263 e. The van der Waals surface area contributed by atoms with E-state index in [0.717, 1.165) is 25.0 Å². The molecule has 3 fully saturated rings. The number of aromatic nitrogens is 2. The fourth-order valence-corrected chi connectivity index (χ4v) is 6.97. The fraction of sp³-hybridized carbons (Fsp3) is 0.480. The number of ether oxygens (including phenoxy) is 1. The molecule has 4 atom stereocenters. The first-order valence-corrected chi connectivity index (χ1v) is 12.8. The van der Waals surface area contributed by atoms with Crippen molar-refractivity contribution in [2.75, 3.05) is 30.3 Å². The highest BCUT2D eigenvalue weighted by Crippen LogP contribution is 2.57. The Hall–Kier alpha value is -2.85. The molecule has 1 amide bonds. The van der Waals surface area contributed by atoms with Gasteiger partial charge in [-0.1, -0.05) is 13.3 Å². The first-order chi connectivity index (χ1) is 16.8. The zero-order valence-corrected chi connectivity index (χ0v) is 20.4. The minimum atomic E-state index is -0.478. The van der Waals surface area contributed by atoms with Crippen LogP contribution in [0.15, 0.2) is 18.3 Å². The molecule has 3 unspecified atom stereocenters. The number of nitrogens with two attached hydrogens (primary N) is 1. The van der Waals surface area contributed by atoms with E-state index in [1.807, 2.05) is 11.8 Å². The van der Waals surface area contributed by atoms with Crippen LogP contribution >= 0.6 is 11.3 Å². The maximum atomic E-state index is 15.2. The van der Waals surface area contributed by atoms with Crippen molar-refractivity contribution < 1.29 is 18.3 Å². The van der Waals surface area contributed by atoms with Crippen LogP contribution in [-0.4, -0.2) is 47.7 Å². The molecule has 7 nitrogen and oxygen atoms in total. The molecular formula is C25H27F2N5O2S. The summed E-state index contributed by atoms with van der Waals surface area (Å²) in [7, 11) is 0. The van der Waals surface area contributed by atoms with Gasteiger partial charge in [-0.25, -0.2) is 18.7 Å². The molecule has 0 radical (unpaired) electrons. The number of carbonyl (C=O) groups excluding carboxylic acids is 1. The van der Waals surface area contributed by atoms with Gasteiger partial charge in [0.05, 0.1) is 29.3 Å². The number of nitrogen functional groups attached to an aromatic ring is 1. The number of halogens is 2. The molecule has 3 N–H and O–H groups in total. The lowest BCUT2D eigenvalue weighted by molar-refractivity contribution is -0.205. The van der Waals surface area contributed by atoms with Crippen LogP contribution in [0.25, 0.3) is 10.3 Å². The first-order valence-electron chi connectivity index (χ1n) is 12.0. The number of nitrogens with zero attached hydrogens (tertiary/aromatic N) is 3. The van der Waals surface area contributed by atoms with E-state index in [2.05, 4.69) is 15.3 Å². The monoisotopic (exact) mass is 499 g/mol. The second kappa shape index (κ2) is 8.09. The van der Waals surface area contributed by atoms with Crippen LogP contribution in [0.3, 0.4) is 0 Å². The van der Waals surface area contributed by atoms with Crippen LogP contribution in [0.1, 0.15) is 53.0 Å². The fourth-order valence-electron chi connectivity index (χ4n) is 5.96.